The second-order valence-electron chi connectivity index (χ2n) is 5.99. The highest BCUT2D eigenvalue weighted by molar-refractivity contribution is 5.98. The molecule has 1 aromatic rings. The number of hydrogen-bond acceptors (Lipinski definition) is 4. The van der Waals surface area contributed by atoms with Gasteiger partial charge in [-0.2, -0.15) is 0 Å². The van der Waals surface area contributed by atoms with Gasteiger partial charge in [0.15, 0.2) is 0 Å². The largest absolute Gasteiger partial charge is 0.492 e. The third-order valence-electron chi connectivity index (χ3n) is 2.68. The maximum Gasteiger partial charge on any atom is 0.321 e. The first-order chi connectivity index (χ1) is 10.2. The second kappa shape index (κ2) is 7.68. The predicted molar refractivity (Wildman–Crippen MR) is 87.1 cm³/mol. The second-order valence-corrected chi connectivity index (χ2v) is 5.99. The molecule has 1 rings (SSSR count). The Bertz CT molecular complexity index is 524. The molecular weight excluding hydrogens is 282 g/mol. The third kappa shape index (κ3) is 6.03. The minimum atomic E-state index is -0.577. The normalized spacial score (nSPS) is 12.2. The van der Waals surface area contributed by atoms with Gasteiger partial charge in [0.05, 0.1) is 12.3 Å². The lowest BCUT2D eigenvalue weighted by Crippen LogP contribution is -2.51. The first kappa shape index (κ1) is 17.8. The highest BCUT2D eigenvalue weighted by atomic mass is 16.5. The molecule has 1 aromatic carbocycles. The fourth-order valence-corrected chi connectivity index (χ4v) is 1.76. The minimum absolute atomic E-state index is 0.400. The molecule has 0 saturated heterocycles. The van der Waals surface area contributed by atoms with Crippen molar-refractivity contribution in [2.75, 3.05) is 11.9 Å². The van der Waals surface area contributed by atoms with Gasteiger partial charge in [-0.1, -0.05) is 12.1 Å². The molecule has 0 aromatic heterocycles. The first-order valence-corrected chi connectivity index (χ1v) is 7.34. The molecule has 0 aliphatic heterocycles. The molecule has 0 aliphatic carbocycles. The van der Waals surface area contributed by atoms with Gasteiger partial charge in [0, 0.05) is 5.54 Å². The van der Waals surface area contributed by atoms with Crippen molar-refractivity contribution in [1.82, 2.24) is 10.6 Å². The molecule has 0 unspecified atom stereocenters. The Balaban J connectivity index is 2.63. The first-order valence-electron chi connectivity index (χ1n) is 7.34. The number of anilines is 1. The van der Waals surface area contributed by atoms with E-state index >= 15 is 0 Å². The Morgan fingerprint density at radius 2 is 1.86 bits per heavy atom. The van der Waals surface area contributed by atoms with Crippen LogP contribution in [0.4, 0.5) is 10.5 Å². The van der Waals surface area contributed by atoms with Gasteiger partial charge in [-0.3, -0.25) is 10.1 Å². The number of rotatable bonds is 5. The number of hydrogen-bond donors (Lipinski definition) is 3. The Kier molecular flexibility index (Phi) is 6.22. The van der Waals surface area contributed by atoms with E-state index in [4.69, 9.17) is 4.74 Å². The Morgan fingerprint density at radius 3 is 2.45 bits per heavy atom. The predicted octanol–water partition coefficient (Wildman–Crippen LogP) is 2.51. The molecule has 0 aliphatic rings. The van der Waals surface area contributed by atoms with Crippen molar-refractivity contribution in [2.24, 2.45) is 0 Å². The number of amides is 3. The van der Waals surface area contributed by atoms with Crippen LogP contribution in [0, 0.1) is 0 Å². The van der Waals surface area contributed by atoms with Gasteiger partial charge in [0.1, 0.15) is 11.8 Å². The molecule has 0 bridgehead atoms. The van der Waals surface area contributed by atoms with Crippen LogP contribution in [-0.2, 0) is 4.79 Å². The number of imide groups is 1. The lowest BCUT2D eigenvalue weighted by atomic mass is 10.1. The summed E-state index contributed by atoms with van der Waals surface area (Å²) in [5.41, 5.74) is 0.311. The van der Waals surface area contributed by atoms with Crippen molar-refractivity contribution in [3.8, 4) is 5.75 Å². The topological polar surface area (TPSA) is 79.5 Å². The van der Waals surface area contributed by atoms with Crippen molar-refractivity contribution in [3.63, 3.8) is 0 Å². The van der Waals surface area contributed by atoms with Crippen LogP contribution < -0.4 is 20.7 Å². The molecular formula is C16H25N3O3. The van der Waals surface area contributed by atoms with Gasteiger partial charge in [0.25, 0.3) is 0 Å². The summed E-state index contributed by atoms with van der Waals surface area (Å²) in [5.74, 6) is 0.261. The van der Waals surface area contributed by atoms with Gasteiger partial charge in [0.2, 0.25) is 5.91 Å². The zero-order valence-electron chi connectivity index (χ0n) is 13.8. The van der Waals surface area contributed by atoms with E-state index < -0.39 is 23.5 Å². The molecule has 6 heteroatoms. The number of benzene rings is 1. The number of para-hydroxylation sites is 2. The number of carbonyl (C=O) groups excluding carboxylic acids is 2. The average molecular weight is 307 g/mol. The molecule has 122 valence electrons. The molecule has 0 saturated carbocycles. The zero-order valence-corrected chi connectivity index (χ0v) is 13.8. The summed E-state index contributed by atoms with van der Waals surface area (Å²) in [5, 5.41) is 8.04. The van der Waals surface area contributed by atoms with Crippen LogP contribution in [0.25, 0.3) is 0 Å². The van der Waals surface area contributed by atoms with Gasteiger partial charge >= 0.3 is 6.03 Å². The molecule has 22 heavy (non-hydrogen) atoms. The van der Waals surface area contributed by atoms with E-state index in [1.54, 1.807) is 6.92 Å². The molecule has 3 amide bonds. The van der Waals surface area contributed by atoms with Crippen LogP contribution in [0.2, 0.25) is 0 Å². The van der Waals surface area contributed by atoms with E-state index in [1.165, 1.54) is 0 Å². The standard InChI is InChI=1S/C16H25N3O3/c1-6-22-13-10-8-7-9-12(13)17-11(2)14(20)18-15(21)19-16(3,4)5/h7-11,17H,6H2,1-5H3,(H2,18,19,20,21)/t11-/m0/s1. The number of carbonyl (C=O) groups is 2. The van der Waals surface area contributed by atoms with Crippen molar-refractivity contribution < 1.29 is 14.3 Å². The number of ether oxygens (including phenoxy) is 1. The van der Waals surface area contributed by atoms with Gasteiger partial charge in [-0.25, -0.2) is 4.79 Å². The fourth-order valence-electron chi connectivity index (χ4n) is 1.76. The van der Waals surface area contributed by atoms with Crippen molar-refractivity contribution >= 4 is 17.6 Å². The highest BCUT2D eigenvalue weighted by Crippen LogP contribution is 2.24. The van der Waals surface area contributed by atoms with E-state index in [0.717, 1.165) is 0 Å². The number of urea groups is 1. The lowest BCUT2D eigenvalue weighted by molar-refractivity contribution is -0.120. The van der Waals surface area contributed by atoms with E-state index in [0.29, 0.717) is 18.0 Å². The van der Waals surface area contributed by atoms with Crippen molar-refractivity contribution in [1.29, 1.82) is 0 Å². The summed E-state index contributed by atoms with van der Waals surface area (Å²) in [6.45, 7) is 9.64. The van der Waals surface area contributed by atoms with Crippen LogP contribution in [0.1, 0.15) is 34.6 Å². The highest BCUT2D eigenvalue weighted by Gasteiger charge is 2.20. The van der Waals surface area contributed by atoms with Crippen LogP contribution in [-0.4, -0.2) is 30.1 Å². The van der Waals surface area contributed by atoms with E-state index in [1.807, 2.05) is 52.0 Å². The summed E-state index contributed by atoms with van der Waals surface area (Å²) < 4.78 is 5.49. The fraction of sp³-hybridized carbons (Fsp3) is 0.500. The van der Waals surface area contributed by atoms with Crippen LogP contribution in [0.5, 0.6) is 5.75 Å². The summed E-state index contributed by atoms with van der Waals surface area (Å²) in [4.78, 5) is 23.7. The van der Waals surface area contributed by atoms with Crippen LogP contribution >= 0.6 is 0 Å². The molecule has 0 heterocycles. The van der Waals surface area contributed by atoms with Gasteiger partial charge in [-0.15, -0.1) is 0 Å². The maximum atomic E-state index is 12.0. The van der Waals surface area contributed by atoms with Gasteiger partial charge in [-0.05, 0) is 46.8 Å². The van der Waals surface area contributed by atoms with Crippen molar-refractivity contribution in [2.45, 2.75) is 46.2 Å². The zero-order chi connectivity index (χ0) is 16.8. The monoisotopic (exact) mass is 307 g/mol. The molecule has 6 nitrogen and oxygen atoms in total. The molecule has 1 atom stereocenters. The third-order valence-corrected chi connectivity index (χ3v) is 2.68. The summed E-state index contributed by atoms with van der Waals surface area (Å²) in [6.07, 6.45) is 0. The minimum Gasteiger partial charge on any atom is -0.492 e. The SMILES string of the molecule is CCOc1ccccc1N[C@@H](C)C(=O)NC(=O)NC(C)(C)C. The summed E-state index contributed by atoms with van der Waals surface area (Å²) in [7, 11) is 0. The molecule has 3 N–H and O–H groups in total. The van der Waals surface area contributed by atoms with Crippen molar-refractivity contribution in [3.05, 3.63) is 24.3 Å². The Labute approximate surface area is 131 Å². The summed E-state index contributed by atoms with van der Waals surface area (Å²) in [6, 6.07) is 6.27. The lowest BCUT2D eigenvalue weighted by Gasteiger charge is -2.22. The van der Waals surface area contributed by atoms with Gasteiger partial charge < -0.3 is 15.4 Å². The quantitative estimate of drug-likeness (QED) is 0.781. The number of nitrogens with one attached hydrogen (secondary N) is 3. The van der Waals surface area contributed by atoms with E-state index in [9.17, 15) is 9.59 Å². The smallest absolute Gasteiger partial charge is 0.321 e. The maximum absolute atomic E-state index is 12.0. The van der Waals surface area contributed by atoms with Crippen LogP contribution in [0.15, 0.2) is 24.3 Å². The Morgan fingerprint density at radius 1 is 1.23 bits per heavy atom. The molecule has 0 spiro atoms. The summed E-state index contributed by atoms with van der Waals surface area (Å²) >= 11 is 0. The molecule has 0 fully saturated rings. The van der Waals surface area contributed by atoms with Crippen LogP contribution in [0.3, 0.4) is 0 Å². The average Bonchev–Trinajstić information content (AvgIpc) is 2.38. The molecule has 0 radical (unpaired) electrons. The van der Waals surface area contributed by atoms with E-state index in [-0.39, 0.29) is 0 Å². The van der Waals surface area contributed by atoms with E-state index in [2.05, 4.69) is 16.0 Å². The Hall–Kier alpha value is -2.24.